The third kappa shape index (κ3) is 2.10. The molecule has 1 saturated heterocycles. The fraction of sp³-hybridized carbons (Fsp3) is 0.579. The van der Waals surface area contributed by atoms with Crippen molar-refractivity contribution in [2.45, 2.75) is 37.5 Å². The minimum absolute atomic E-state index is 0.119. The third-order valence-electron chi connectivity index (χ3n) is 6.58. The van der Waals surface area contributed by atoms with E-state index in [1.54, 1.807) is 4.90 Å². The van der Waals surface area contributed by atoms with Gasteiger partial charge >= 0.3 is 11.8 Å². The molecule has 0 bridgehead atoms. The molecule has 2 atom stereocenters. The molecular formula is C19H21BrN2O2. The molecule has 0 aromatic heterocycles. The van der Waals surface area contributed by atoms with Gasteiger partial charge in [-0.25, -0.2) is 0 Å². The Hall–Kier alpha value is -1.36. The van der Waals surface area contributed by atoms with Crippen LogP contribution in [0.2, 0.25) is 0 Å². The van der Waals surface area contributed by atoms with Gasteiger partial charge < -0.3 is 9.80 Å². The van der Waals surface area contributed by atoms with Crippen LogP contribution in [0.15, 0.2) is 22.7 Å². The predicted octanol–water partition coefficient (Wildman–Crippen LogP) is 3.09. The lowest BCUT2D eigenvalue weighted by molar-refractivity contribution is -0.143. The molecule has 2 amide bonds. The minimum Gasteiger partial charge on any atom is -0.334 e. The number of hydrogen-bond acceptors (Lipinski definition) is 2. The van der Waals surface area contributed by atoms with E-state index in [0.29, 0.717) is 18.4 Å². The zero-order valence-electron chi connectivity index (χ0n) is 13.6. The Bertz CT molecular complexity index is 731. The summed E-state index contributed by atoms with van der Waals surface area (Å²) in [5.41, 5.74) is 2.29. The molecule has 1 aromatic carbocycles. The van der Waals surface area contributed by atoms with Gasteiger partial charge in [0.05, 0.1) is 0 Å². The summed E-state index contributed by atoms with van der Waals surface area (Å²) in [5, 5.41) is 0. The molecule has 126 valence electrons. The van der Waals surface area contributed by atoms with Crippen molar-refractivity contribution in [2.24, 2.45) is 11.8 Å². The summed E-state index contributed by atoms with van der Waals surface area (Å²) >= 11 is 3.50. The Balaban J connectivity index is 1.40. The number of anilines is 1. The fourth-order valence-corrected chi connectivity index (χ4v) is 5.41. The maximum atomic E-state index is 13.0. The van der Waals surface area contributed by atoms with E-state index < -0.39 is 0 Å². The van der Waals surface area contributed by atoms with Crippen LogP contribution in [0, 0.1) is 11.8 Å². The number of rotatable bonds is 0. The van der Waals surface area contributed by atoms with Gasteiger partial charge in [0, 0.05) is 35.2 Å². The predicted molar refractivity (Wildman–Crippen MR) is 94.8 cm³/mol. The van der Waals surface area contributed by atoms with Crippen molar-refractivity contribution < 1.29 is 9.59 Å². The minimum atomic E-state index is -0.335. The van der Waals surface area contributed by atoms with Crippen LogP contribution >= 0.6 is 15.9 Å². The lowest BCUT2D eigenvalue weighted by Gasteiger charge is -2.22. The first-order chi connectivity index (χ1) is 11.6. The van der Waals surface area contributed by atoms with Crippen molar-refractivity contribution in [1.82, 2.24) is 4.90 Å². The molecule has 0 N–H and O–H groups in total. The Morgan fingerprint density at radius 3 is 2.46 bits per heavy atom. The Kier molecular flexibility index (Phi) is 3.16. The second-order valence-electron chi connectivity index (χ2n) is 7.99. The molecule has 4 nitrogen and oxygen atoms in total. The first-order valence-electron chi connectivity index (χ1n) is 8.98. The lowest BCUT2D eigenvalue weighted by Crippen LogP contribution is -2.45. The number of nitrogens with zero attached hydrogens (tertiary/aromatic N) is 2. The smallest absolute Gasteiger partial charge is 0.316 e. The van der Waals surface area contributed by atoms with Crippen molar-refractivity contribution in [1.29, 1.82) is 0 Å². The summed E-state index contributed by atoms with van der Waals surface area (Å²) in [6.45, 7) is 2.23. The average Bonchev–Trinajstić information content (AvgIpc) is 2.90. The monoisotopic (exact) mass is 388 g/mol. The fourth-order valence-electron chi connectivity index (χ4n) is 5.06. The van der Waals surface area contributed by atoms with Crippen LogP contribution in [-0.4, -0.2) is 36.3 Å². The second-order valence-corrected chi connectivity index (χ2v) is 8.91. The summed E-state index contributed by atoms with van der Waals surface area (Å²) in [6, 6.07) is 6.15. The second kappa shape index (κ2) is 5.07. The number of fused-ring (bicyclic) bond motifs is 3. The van der Waals surface area contributed by atoms with Crippen molar-refractivity contribution in [2.75, 3.05) is 24.5 Å². The van der Waals surface area contributed by atoms with E-state index in [0.717, 1.165) is 36.1 Å². The molecule has 2 aliphatic heterocycles. The molecule has 0 unspecified atom stereocenters. The van der Waals surface area contributed by atoms with Gasteiger partial charge in [0.15, 0.2) is 0 Å². The first-order valence-corrected chi connectivity index (χ1v) is 9.77. The molecule has 1 spiro atoms. The average molecular weight is 389 g/mol. The van der Waals surface area contributed by atoms with Crippen LogP contribution in [0.25, 0.3) is 0 Å². The Morgan fingerprint density at radius 1 is 1.08 bits per heavy atom. The highest BCUT2D eigenvalue weighted by molar-refractivity contribution is 9.10. The number of amides is 2. The normalized spacial score (nSPS) is 29.0. The van der Waals surface area contributed by atoms with Crippen LogP contribution in [0.5, 0.6) is 0 Å². The summed E-state index contributed by atoms with van der Waals surface area (Å²) in [5.74, 6) is 0.610. The number of benzene rings is 1. The Morgan fingerprint density at radius 2 is 1.79 bits per heavy atom. The molecule has 2 heterocycles. The quantitative estimate of drug-likeness (QED) is 0.640. The highest BCUT2D eigenvalue weighted by Gasteiger charge is 2.54. The van der Waals surface area contributed by atoms with Crippen LogP contribution in [0.1, 0.15) is 37.7 Å². The topological polar surface area (TPSA) is 40.6 Å². The Labute approximate surface area is 150 Å². The third-order valence-corrected chi connectivity index (χ3v) is 7.07. The molecule has 5 rings (SSSR count). The van der Waals surface area contributed by atoms with Crippen LogP contribution in [0.4, 0.5) is 5.69 Å². The number of hydrogen-bond donors (Lipinski definition) is 0. The summed E-state index contributed by atoms with van der Waals surface area (Å²) in [7, 11) is 0. The molecular weight excluding hydrogens is 368 g/mol. The standard InChI is InChI=1S/C19H21BrN2O2/c20-14-4-5-15-16(8-14)22(11-19(15)6-7-19)18(24)17(23)21-9-12-2-1-3-13(12)10-21/h4-5,8,12-13H,1-3,6-7,9-11H2/t12-,13+. The lowest BCUT2D eigenvalue weighted by atomic mass is 9.99. The molecule has 1 aromatic rings. The first kappa shape index (κ1) is 14.9. The molecule has 0 radical (unpaired) electrons. The number of halogens is 1. The number of likely N-dealkylation sites (tertiary alicyclic amines) is 1. The van der Waals surface area contributed by atoms with E-state index in [4.69, 9.17) is 0 Å². The molecule has 3 fully saturated rings. The van der Waals surface area contributed by atoms with E-state index in [-0.39, 0.29) is 17.2 Å². The van der Waals surface area contributed by atoms with Gasteiger partial charge in [-0.3, -0.25) is 9.59 Å². The van der Waals surface area contributed by atoms with Gasteiger partial charge in [0.25, 0.3) is 0 Å². The van der Waals surface area contributed by atoms with E-state index in [2.05, 4.69) is 22.0 Å². The molecule has 2 saturated carbocycles. The number of carbonyl (C=O) groups excluding carboxylic acids is 2. The maximum Gasteiger partial charge on any atom is 0.316 e. The van der Waals surface area contributed by atoms with Crippen molar-refractivity contribution in [3.05, 3.63) is 28.2 Å². The van der Waals surface area contributed by atoms with E-state index >= 15 is 0 Å². The van der Waals surface area contributed by atoms with Gasteiger partial charge in [-0.1, -0.05) is 28.4 Å². The van der Waals surface area contributed by atoms with E-state index in [1.807, 2.05) is 17.0 Å². The summed E-state index contributed by atoms with van der Waals surface area (Å²) in [6.07, 6.45) is 5.94. The van der Waals surface area contributed by atoms with Gasteiger partial charge in [0.1, 0.15) is 0 Å². The van der Waals surface area contributed by atoms with Gasteiger partial charge in [-0.15, -0.1) is 0 Å². The van der Waals surface area contributed by atoms with Crippen molar-refractivity contribution in [3.63, 3.8) is 0 Å². The van der Waals surface area contributed by atoms with Crippen LogP contribution in [-0.2, 0) is 15.0 Å². The highest BCUT2D eigenvalue weighted by atomic mass is 79.9. The molecule has 24 heavy (non-hydrogen) atoms. The van der Waals surface area contributed by atoms with E-state index in [9.17, 15) is 9.59 Å². The van der Waals surface area contributed by atoms with E-state index in [1.165, 1.54) is 24.8 Å². The van der Waals surface area contributed by atoms with Crippen molar-refractivity contribution in [3.8, 4) is 0 Å². The van der Waals surface area contributed by atoms with Crippen LogP contribution in [0.3, 0.4) is 0 Å². The summed E-state index contributed by atoms with van der Waals surface area (Å²) in [4.78, 5) is 29.3. The summed E-state index contributed by atoms with van der Waals surface area (Å²) < 4.78 is 0.958. The zero-order chi connectivity index (χ0) is 16.5. The maximum absolute atomic E-state index is 13.0. The van der Waals surface area contributed by atoms with Gasteiger partial charge in [-0.05, 0) is 55.2 Å². The van der Waals surface area contributed by atoms with Crippen molar-refractivity contribution >= 4 is 33.4 Å². The van der Waals surface area contributed by atoms with Gasteiger partial charge in [-0.2, -0.15) is 0 Å². The number of carbonyl (C=O) groups is 2. The SMILES string of the molecule is O=C(C(=O)N1CC2(CC2)c2ccc(Br)cc21)N1C[C@H]2CCC[C@H]2C1. The van der Waals surface area contributed by atoms with Crippen LogP contribution < -0.4 is 4.90 Å². The molecule has 4 aliphatic rings. The zero-order valence-corrected chi connectivity index (χ0v) is 15.2. The van der Waals surface area contributed by atoms with Gasteiger partial charge in [0.2, 0.25) is 0 Å². The highest BCUT2D eigenvalue weighted by Crippen LogP contribution is 2.56. The molecule has 2 aliphatic carbocycles. The largest absolute Gasteiger partial charge is 0.334 e. The molecule has 5 heteroatoms.